The van der Waals surface area contributed by atoms with E-state index in [0.717, 1.165) is 0 Å². The Morgan fingerprint density at radius 1 is 1.43 bits per heavy atom. The highest BCUT2D eigenvalue weighted by Crippen LogP contribution is 2.05. The first-order chi connectivity index (χ1) is 6.77. The largest absolute Gasteiger partial charge is 0.355 e. The van der Waals surface area contributed by atoms with Gasteiger partial charge in [-0.15, -0.1) is 0 Å². The van der Waals surface area contributed by atoms with Gasteiger partial charge in [0.05, 0.1) is 6.42 Å². The minimum Gasteiger partial charge on any atom is -0.355 e. The van der Waals surface area contributed by atoms with Crippen molar-refractivity contribution in [3.8, 4) is 0 Å². The van der Waals surface area contributed by atoms with Crippen molar-refractivity contribution >= 4 is 5.78 Å². The number of methoxy groups -OCH3 is 2. The van der Waals surface area contributed by atoms with Gasteiger partial charge in [-0.25, -0.2) is 0 Å². The van der Waals surface area contributed by atoms with Gasteiger partial charge in [0.2, 0.25) is 0 Å². The van der Waals surface area contributed by atoms with Crippen molar-refractivity contribution in [2.24, 2.45) is 0 Å². The van der Waals surface area contributed by atoms with Crippen molar-refractivity contribution in [2.45, 2.75) is 12.7 Å². The molecule has 0 aliphatic rings. The second kappa shape index (κ2) is 5.47. The van der Waals surface area contributed by atoms with Crippen molar-refractivity contribution in [2.75, 3.05) is 14.2 Å². The molecule has 0 bridgehead atoms. The fraction of sp³-hybridized carbons (Fsp3) is 0.400. The highest BCUT2D eigenvalue weighted by molar-refractivity contribution is 5.94. The van der Waals surface area contributed by atoms with Gasteiger partial charge in [0.15, 0.2) is 12.1 Å². The molecule has 76 valence electrons. The quantitative estimate of drug-likeness (QED) is 0.524. The highest BCUT2D eigenvalue weighted by atomic mass is 16.7. The van der Waals surface area contributed by atoms with Gasteiger partial charge >= 0.3 is 0 Å². The molecule has 0 unspecified atom stereocenters. The Morgan fingerprint density at radius 3 is 2.64 bits per heavy atom. The smallest absolute Gasteiger partial charge is 0.186 e. The lowest BCUT2D eigenvalue weighted by molar-refractivity contribution is -0.0993. The lowest BCUT2D eigenvalue weighted by atomic mass is 10.2. The zero-order chi connectivity index (χ0) is 10.4. The van der Waals surface area contributed by atoms with Crippen LogP contribution in [0.15, 0.2) is 24.4 Å². The Bertz CT molecular complexity index is 283. The maximum absolute atomic E-state index is 11.6. The Kier molecular flexibility index (Phi) is 4.22. The van der Waals surface area contributed by atoms with Gasteiger partial charge in [-0.2, -0.15) is 0 Å². The average Bonchev–Trinajstić information content (AvgIpc) is 2.26. The van der Waals surface area contributed by atoms with Crippen LogP contribution in [0.2, 0.25) is 0 Å². The van der Waals surface area contributed by atoms with E-state index < -0.39 is 6.29 Å². The number of carbonyl (C=O) groups is 1. The van der Waals surface area contributed by atoms with Crippen molar-refractivity contribution in [1.82, 2.24) is 4.98 Å². The van der Waals surface area contributed by atoms with Crippen LogP contribution in [0.4, 0.5) is 0 Å². The van der Waals surface area contributed by atoms with E-state index in [1.807, 2.05) is 0 Å². The summed E-state index contributed by atoms with van der Waals surface area (Å²) in [4.78, 5) is 15.5. The van der Waals surface area contributed by atoms with Gasteiger partial charge in [0, 0.05) is 20.4 Å². The minimum atomic E-state index is -0.496. The third-order valence-electron chi connectivity index (χ3n) is 1.83. The van der Waals surface area contributed by atoms with E-state index in [0.29, 0.717) is 5.69 Å². The first-order valence-corrected chi connectivity index (χ1v) is 4.27. The van der Waals surface area contributed by atoms with Crippen LogP contribution in [-0.4, -0.2) is 31.3 Å². The maximum Gasteiger partial charge on any atom is 0.186 e. The highest BCUT2D eigenvalue weighted by Gasteiger charge is 2.14. The molecular weight excluding hydrogens is 182 g/mol. The molecule has 14 heavy (non-hydrogen) atoms. The lowest BCUT2D eigenvalue weighted by Crippen LogP contribution is -2.18. The number of pyridine rings is 1. The molecule has 4 heteroatoms. The number of ketones is 1. The molecule has 0 aliphatic carbocycles. The third-order valence-corrected chi connectivity index (χ3v) is 1.83. The monoisotopic (exact) mass is 195 g/mol. The molecular formula is C10H13NO3. The summed E-state index contributed by atoms with van der Waals surface area (Å²) >= 11 is 0. The second-order valence-corrected chi connectivity index (χ2v) is 2.74. The number of Topliss-reactive ketones (excluding diaryl/α,β-unsaturated/α-hetero) is 1. The number of aromatic nitrogens is 1. The summed E-state index contributed by atoms with van der Waals surface area (Å²) in [7, 11) is 3.00. The van der Waals surface area contributed by atoms with Crippen molar-refractivity contribution in [3.63, 3.8) is 0 Å². The second-order valence-electron chi connectivity index (χ2n) is 2.74. The van der Waals surface area contributed by atoms with Crippen LogP contribution in [0.1, 0.15) is 16.9 Å². The molecule has 0 aliphatic heterocycles. The lowest BCUT2D eigenvalue weighted by Gasteiger charge is -2.11. The zero-order valence-electron chi connectivity index (χ0n) is 8.27. The van der Waals surface area contributed by atoms with Crippen LogP contribution in [-0.2, 0) is 9.47 Å². The van der Waals surface area contributed by atoms with E-state index >= 15 is 0 Å². The molecule has 1 aromatic heterocycles. The molecule has 1 aromatic rings. The van der Waals surface area contributed by atoms with E-state index in [9.17, 15) is 4.79 Å². The molecule has 0 N–H and O–H groups in total. The Labute approximate surface area is 82.9 Å². The van der Waals surface area contributed by atoms with Gasteiger partial charge in [-0.05, 0) is 12.1 Å². The topological polar surface area (TPSA) is 48.4 Å². The van der Waals surface area contributed by atoms with Crippen molar-refractivity contribution < 1.29 is 14.3 Å². The molecule has 0 spiro atoms. The van der Waals surface area contributed by atoms with Gasteiger partial charge in [0.1, 0.15) is 5.69 Å². The Morgan fingerprint density at radius 2 is 2.14 bits per heavy atom. The molecule has 1 rings (SSSR count). The number of rotatable bonds is 5. The van der Waals surface area contributed by atoms with Gasteiger partial charge in [-0.3, -0.25) is 9.78 Å². The first kappa shape index (κ1) is 10.8. The fourth-order valence-corrected chi connectivity index (χ4v) is 1.05. The SMILES string of the molecule is COC(CC(=O)c1ccccn1)OC. The maximum atomic E-state index is 11.6. The standard InChI is InChI=1S/C10H13NO3/c1-13-10(14-2)7-9(12)8-5-3-4-6-11-8/h3-6,10H,7H2,1-2H3. The van der Waals surface area contributed by atoms with Gasteiger partial charge in [0.25, 0.3) is 0 Å². The third kappa shape index (κ3) is 2.90. The average molecular weight is 195 g/mol. The number of ether oxygens (including phenoxy) is 2. The molecule has 0 aromatic carbocycles. The number of nitrogens with zero attached hydrogens (tertiary/aromatic N) is 1. The van der Waals surface area contributed by atoms with Crippen molar-refractivity contribution in [3.05, 3.63) is 30.1 Å². The summed E-state index contributed by atoms with van der Waals surface area (Å²) in [6, 6.07) is 5.21. The number of hydrogen-bond acceptors (Lipinski definition) is 4. The predicted octanol–water partition coefficient (Wildman–Crippen LogP) is 1.27. The molecule has 4 nitrogen and oxygen atoms in total. The summed E-state index contributed by atoms with van der Waals surface area (Å²) in [6.45, 7) is 0. The van der Waals surface area contributed by atoms with Crippen LogP contribution in [0, 0.1) is 0 Å². The zero-order valence-corrected chi connectivity index (χ0v) is 8.27. The van der Waals surface area contributed by atoms with Crippen LogP contribution in [0.3, 0.4) is 0 Å². The summed E-state index contributed by atoms with van der Waals surface area (Å²) in [5.41, 5.74) is 0.437. The fourth-order valence-electron chi connectivity index (χ4n) is 1.05. The summed E-state index contributed by atoms with van der Waals surface area (Å²) < 4.78 is 9.84. The molecule has 0 saturated heterocycles. The van der Waals surface area contributed by atoms with E-state index in [2.05, 4.69) is 4.98 Å². The number of carbonyl (C=O) groups excluding carboxylic acids is 1. The Balaban J connectivity index is 2.59. The molecule has 0 amide bonds. The van der Waals surface area contributed by atoms with E-state index in [-0.39, 0.29) is 12.2 Å². The molecule has 0 atom stereocenters. The van der Waals surface area contributed by atoms with Crippen LogP contribution < -0.4 is 0 Å². The van der Waals surface area contributed by atoms with Crippen LogP contribution in [0.5, 0.6) is 0 Å². The molecule has 0 fully saturated rings. The summed E-state index contributed by atoms with van der Waals surface area (Å²) in [6.07, 6.45) is 1.27. The van der Waals surface area contributed by atoms with Gasteiger partial charge < -0.3 is 9.47 Å². The van der Waals surface area contributed by atoms with E-state index in [1.54, 1.807) is 24.4 Å². The van der Waals surface area contributed by atoms with E-state index in [4.69, 9.17) is 9.47 Å². The first-order valence-electron chi connectivity index (χ1n) is 4.27. The van der Waals surface area contributed by atoms with Crippen LogP contribution in [0.25, 0.3) is 0 Å². The minimum absolute atomic E-state index is 0.0840. The van der Waals surface area contributed by atoms with Gasteiger partial charge in [-0.1, -0.05) is 6.07 Å². The van der Waals surface area contributed by atoms with Crippen molar-refractivity contribution in [1.29, 1.82) is 0 Å². The molecule has 0 saturated carbocycles. The van der Waals surface area contributed by atoms with E-state index in [1.165, 1.54) is 14.2 Å². The van der Waals surface area contributed by atoms with Crippen LogP contribution >= 0.6 is 0 Å². The predicted molar refractivity (Wildman–Crippen MR) is 51.0 cm³/mol. The Hall–Kier alpha value is -1.26. The normalized spacial score (nSPS) is 10.5. The summed E-state index contributed by atoms with van der Waals surface area (Å²) in [5, 5.41) is 0. The number of hydrogen-bond donors (Lipinski definition) is 0. The summed E-state index contributed by atoms with van der Waals surface area (Å²) in [5.74, 6) is -0.0840. The molecule has 1 heterocycles. The molecule has 0 radical (unpaired) electrons.